The van der Waals surface area contributed by atoms with Crippen LogP contribution in [0.3, 0.4) is 0 Å². The lowest BCUT2D eigenvalue weighted by molar-refractivity contribution is -0.384. The zero-order valence-electron chi connectivity index (χ0n) is 9.50. The van der Waals surface area contributed by atoms with Crippen LogP contribution in [0.2, 0.25) is 0 Å². The van der Waals surface area contributed by atoms with Crippen molar-refractivity contribution in [3.05, 3.63) is 57.8 Å². The van der Waals surface area contributed by atoms with Crippen LogP contribution in [0, 0.1) is 27.8 Å². The maximum atomic E-state index is 12.7. The molecule has 19 heavy (non-hydrogen) atoms. The molecule has 0 radical (unpaired) electrons. The number of nitrogen functional groups attached to an aromatic ring is 1. The third-order valence-corrected chi connectivity index (χ3v) is 2.20. The fourth-order valence-corrected chi connectivity index (χ4v) is 1.33. The van der Waals surface area contributed by atoms with Crippen molar-refractivity contribution < 1.29 is 9.31 Å². The zero-order valence-corrected chi connectivity index (χ0v) is 9.50. The molecular formula is C12H7FN4O2. The molecule has 2 rings (SSSR count). The lowest BCUT2D eigenvalue weighted by atomic mass is 10.2. The maximum absolute atomic E-state index is 12.7. The topological polar surface area (TPSA) is 94.9 Å². The number of aromatic nitrogens is 2. The van der Waals surface area contributed by atoms with E-state index < -0.39 is 10.6 Å². The van der Waals surface area contributed by atoms with E-state index in [1.54, 1.807) is 0 Å². The molecule has 0 atom stereocenters. The maximum Gasteiger partial charge on any atom is 0.345 e. The van der Waals surface area contributed by atoms with E-state index >= 15 is 0 Å². The Morgan fingerprint density at radius 2 is 1.89 bits per heavy atom. The van der Waals surface area contributed by atoms with Crippen molar-refractivity contribution in [1.29, 1.82) is 0 Å². The number of halogens is 1. The summed E-state index contributed by atoms with van der Waals surface area (Å²) in [5.41, 5.74) is 5.39. The first kappa shape index (κ1) is 12.4. The van der Waals surface area contributed by atoms with Crippen LogP contribution in [0.4, 0.5) is 15.9 Å². The van der Waals surface area contributed by atoms with Gasteiger partial charge in [0, 0.05) is 5.56 Å². The molecule has 0 saturated carbocycles. The van der Waals surface area contributed by atoms with Crippen molar-refractivity contribution >= 4 is 11.5 Å². The Bertz CT molecular complexity index is 689. The van der Waals surface area contributed by atoms with E-state index in [2.05, 4.69) is 21.8 Å². The number of hydrogen-bond acceptors (Lipinski definition) is 5. The van der Waals surface area contributed by atoms with Gasteiger partial charge < -0.3 is 5.73 Å². The first-order valence-electron chi connectivity index (χ1n) is 5.10. The summed E-state index contributed by atoms with van der Waals surface area (Å²) in [4.78, 5) is 17.4. The van der Waals surface area contributed by atoms with Crippen LogP contribution in [0.1, 0.15) is 11.3 Å². The standard InChI is InChI=1S/C12H7FN4O2/c13-9-4-1-8(2-5-9)3-6-10-11(17(18)19)12(14)16-7-15-10/h1-2,4-5,7H,(H2,14,15,16). The third-order valence-electron chi connectivity index (χ3n) is 2.20. The summed E-state index contributed by atoms with van der Waals surface area (Å²) in [6, 6.07) is 5.40. The van der Waals surface area contributed by atoms with Crippen LogP contribution < -0.4 is 5.73 Å². The Morgan fingerprint density at radius 1 is 1.21 bits per heavy atom. The monoisotopic (exact) mass is 258 g/mol. The van der Waals surface area contributed by atoms with Gasteiger partial charge in [0.05, 0.1) is 4.92 Å². The number of rotatable bonds is 1. The van der Waals surface area contributed by atoms with E-state index in [0.29, 0.717) is 5.56 Å². The van der Waals surface area contributed by atoms with Crippen LogP contribution in [-0.4, -0.2) is 14.9 Å². The number of anilines is 1. The fraction of sp³-hybridized carbons (Fsp3) is 0. The molecule has 6 nitrogen and oxygen atoms in total. The minimum absolute atomic E-state index is 0.0816. The molecule has 0 amide bonds. The van der Waals surface area contributed by atoms with Gasteiger partial charge in [-0.15, -0.1) is 0 Å². The molecule has 1 aromatic heterocycles. The van der Waals surface area contributed by atoms with Crippen molar-refractivity contribution in [2.24, 2.45) is 0 Å². The third kappa shape index (κ3) is 2.81. The molecule has 0 spiro atoms. The Morgan fingerprint density at radius 3 is 2.53 bits per heavy atom. The number of nitro groups is 1. The molecule has 2 N–H and O–H groups in total. The second-order valence-electron chi connectivity index (χ2n) is 3.47. The van der Waals surface area contributed by atoms with Gasteiger partial charge in [-0.05, 0) is 30.2 Å². The van der Waals surface area contributed by atoms with E-state index in [-0.39, 0.29) is 17.3 Å². The van der Waals surface area contributed by atoms with E-state index in [0.717, 1.165) is 6.33 Å². The minimum Gasteiger partial charge on any atom is -0.378 e. The lowest BCUT2D eigenvalue weighted by Gasteiger charge is -1.96. The van der Waals surface area contributed by atoms with Gasteiger partial charge in [0.2, 0.25) is 5.82 Å². The predicted molar refractivity (Wildman–Crippen MR) is 65.5 cm³/mol. The summed E-state index contributed by atoms with van der Waals surface area (Å²) in [7, 11) is 0. The summed E-state index contributed by atoms with van der Waals surface area (Å²) < 4.78 is 12.7. The largest absolute Gasteiger partial charge is 0.378 e. The van der Waals surface area contributed by atoms with Gasteiger partial charge in [-0.3, -0.25) is 10.1 Å². The summed E-state index contributed by atoms with van der Waals surface area (Å²) >= 11 is 0. The van der Waals surface area contributed by atoms with Gasteiger partial charge in [-0.25, -0.2) is 14.4 Å². The first-order valence-corrected chi connectivity index (χ1v) is 5.10. The van der Waals surface area contributed by atoms with Crippen LogP contribution in [0.25, 0.3) is 0 Å². The van der Waals surface area contributed by atoms with Gasteiger partial charge in [0.1, 0.15) is 12.1 Å². The second kappa shape index (κ2) is 5.10. The smallest absolute Gasteiger partial charge is 0.345 e. The van der Waals surface area contributed by atoms with E-state index in [9.17, 15) is 14.5 Å². The molecule has 0 unspecified atom stereocenters. The first-order chi connectivity index (χ1) is 9.08. The summed E-state index contributed by atoms with van der Waals surface area (Å²) in [6.07, 6.45) is 1.09. The number of nitrogens with two attached hydrogens (primary N) is 1. The SMILES string of the molecule is Nc1ncnc(C#Cc2ccc(F)cc2)c1[N+](=O)[O-]. The highest BCUT2D eigenvalue weighted by Crippen LogP contribution is 2.20. The minimum atomic E-state index is -0.690. The van der Waals surface area contributed by atoms with E-state index in [1.807, 2.05) is 0 Å². The molecule has 0 aliphatic carbocycles. The zero-order chi connectivity index (χ0) is 13.8. The Kier molecular flexibility index (Phi) is 3.34. The van der Waals surface area contributed by atoms with Crippen molar-refractivity contribution in [2.75, 3.05) is 5.73 Å². The average molecular weight is 258 g/mol. The lowest BCUT2D eigenvalue weighted by Crippen LogP contribution is -2.02. The van der Waals surface area contributed by atoms with Gasteiger partial charge in [0.15, 0.2) is 5.69 Å². The highest BCUT2D eigenvalue weighted by molar-refractivity contribution is 5.60. The molecule has 94 valence electrons. The highest BCUT2D eigenvalue weighted by atomic mass is 19.1. The molecule has 0 saturated heterocycles. The highest BCUT2D eigenvalue weighted by Gasteiger charge is 2.18. The molecule has 0 fully saturated rings. The molecular weight excluding hydrogens is 251 g/mol. The molecule has 0 bridgehead atoms. The van der Waals surface area contributed by atoms with Gasteiger partial charge in [0.25, 0.3) is 0 Å². The van der Waals surface area contributed by atoms with Crippen LogP contribution >= 0.6 is 0 Å². The summed E-state index contributed by atoms with van der Waals surface area (Å²) in [5.74, 6) is 4.54. The van der Waals surface area contributed by atoms with Crippen LogP contribution in [-0.2, 0) is 0 Å². The van der Waals surface area contributed by atoms with Crippen molar-refractivity contribution in [3.63, 3.8) is 0 Å². The summed E-state index contributed by atoms with van der Waals surface area (Å²) in [6.45, 7) is 0. The molecule has 2 aromatic rings. The van der Waals surface area contributed by atoms with Crippen molar-refractivity contribution in [3.8, 4) is 11.8 Å². The quantitative estimate of drug-likeness (QED) is 0.475. The number of hydrogen-bond donors (Lipinski definition) is 1. The number of nitrogens with zero attached hydrogens (tertiary/aromatic N) is 3. The molecule has 1 aromatic carbocycles. The summed E-state index contributed by atoms with van der Waals surface area (Å²) in [5, 5.41) is 10.8. The average Bonchev–Trinajstić information content (AvgIpc) is 2.37. The molecule has 0 aliphatic rings. The van der Waals surface area contributed by atoms with Crippen molar-refractivity contribution in [1.82, 2.24) is 9.97 Å². The van der Waals surface area contributed by atoms with Crippen LogP contribution in [0.15, 0.2) is 30.6 Å². The molecule has 7 heteroatoms. The van der Waals surface area contributed by atoms with Crippen LogP contribution in [0.5, 0.6) is 0 Å². The van der Waals surface area contributed by atoms with Crippen molar-refractivity contribution in [2.45, 2.75) is 0 Å². The fourth-order valence-electron chi connectivity index (χ4n) is 1.33. The van der Waals surface area contributed by atoms with E-state index in [1.165, 1.54) is 24.3 Å². The number of benzene rings is 1. The van der Waals surface area contributed by atoms with Gasteiger partial charge in [-0.2, -0.15) is 0 Å². The molecule has 1 heterocycles. The Balaban J connectivity index is 2.42. The predicted octanol–water partition coefficient (Wildman–Crippen LogP) is 1.51. The molecule has 0 aliphatic heterocycles. The second-order valence-corrected chi connectivity index (χ2v) is 3.47. The Labute approximate surface area is 107 Å². The Hall–Kier alpha value is -3.01. The van der Waals surface area contributed by atoms with Gasteiger partial charge >= 0.3 is 5.69 Å². The normalized spacial score (nSPS) is 9.53. The van der Waals surface area contributed by atoms with E-state index in [4.69, 9.17) is 5.73 Å². The van der Waals surface area contributed by atoms with Gasteiger partial charge in [-0.1, -0.05) is 5.92 Å².